The maximum atomic E-state index is 13.1. The number of aromatic nitrogens is 1. The molecule has 0 atom stereocenters. The maximum absolute atomic E-state index is 13.1. The van der Waals surface area contributed by atoms with Gasteiger partial charge in [0.15, 0.2) is 0 Å². The van der Waals surface area contributed by atoms with E-state index < -0.39 is 5.82 Å². The summed E-state index contributed by atoms with van der Waals surface area (Å²) in [4.78, 5) is 17.5. The zero-order valence-electron chi connectivity index (χ0n) is 9.97. The zero-order chi connectivity index (χ0) is 13.1. The number of aliphatic hydroxyl groups is 1. The van der Waals surface area contributed by atoms with Gasteiger partial charge in [-0.15, -0.1) is 0 Å². The third-order valence-electron chi connectivity index (χ3n) is 3.23. The quantitative estimate of drug-likeness (QED) is 0.831. The molecule has 1 fully saturated rings. The molecule has 18 heavy (non-hydrogen) atoms. The van der Waals surface area contributed by atoms with Crippen molar-refractivity contribution in [3.8, 4) is 0 Å². The number of nitrogens with zero attached hydrogens (tertiary/aromatic N) is 2. The van der Waals surface area contributed by atoms with Crippen molar-refractivity contribution in [2.24, 2.45) is 0 Å². The Morgan fingerprint density at radius 2 is 2.33 bits per heavy atom. The molecule has 5 nitrogen and oxygen atoms in total. The van der Waals surface area contributed by atoms with Crippen LogP contribution in [0.4, 0.5) is 10.2 Å². The molecular formula is C12H16FN3O2. The van der Waals surface area contributed by atoms with E-state index in [1.165, 1.54) is 0 Å². The first-order valence-corrected chi connectivity index (χ1v) is 5.96. The van der Waals surface area contributed by atoms with Crippen LogP contribution in [0.25, 0.3) is 0 Å². The average molecular weight is 253 g/mol. The molecule has 1 saturated carbocycles. The molecule has 1 aromatic rings. The van der Waals surface area contributed by atoms with Crippen LogP contribution >= 0.6 is 0 Å². The molecule has 0 bridgehead atoms. The lowest BCUT2D eigenvalue weighted by Crippen LogP contribution is -2.45. The lowest BCUT2D eigenvalue weighted by molar-refractivity contribution is 0.0526. The number of nitrogen functional groups attached to an aromatic ring is 1. The van der Waals surface area contributed by atoms with Crippen molar-refractivity contribution in [1.82, 2.24) is 9.88 Å². The van der Waals surface area contributed by atoms with E-state index in [1.54, 1.807) is 4.90 Å². The van der Waals surface area contributed by atoms with Crippen LogP contribution in [0.3, 0.4) is 0 Å². The Morgan fingerprint density at radius 1 is 1.61 bits per heavy atom. The molecule has 0 unspecified atom stereocenters. The first kappa shape index (κ1) is 12.8. The second-order valence-corrected chi connectivity index (χ2v) is 4.39. The van der Waals surface area contributed by atoms with Crippen LogP contribution < -0.4 is 5.73 Å². The van der Waals surface area contributed by atoms with Crippen molar-refractivity contribution in [1.29, 1.82) is 0 Å². The number of pyridine rings is 1. The van der Waals surface area contributed by atoms with Gasteiger partial charge in [-0.05, 0) is 25.3 Å². The van der Waals surface area contributed by atoms with Crippen LogP contribution in [0.15, 0.2) is 12.3 Å². The van der Waals surface area contributed by atoms with Gasteiger partial charge in [-0.25, -0.2) is 9.37 Å². The molecule has 0 spiro atoms. The number of amides is 1. The number of halogens is 1. The SMILES string of the molecule is Nc1ncc(F)cc1C(=O)N(CCO)C1CCC1. The average Bonchev–Trinajstić information content (AvgIpc) is 2.28. The monoisotopic (exact) mass is 253 g/mol. The molecule has 3 N–H and O–H groups in total. The molecule has 1 heterocycles. The number of aliphatic hydroxyl groups excluding tert-OH is 1. The van der Waals surface area contributed by atoms with E-state index >= 15 is 0 Å². The van der Waals surface area contributed by atoms with Crippen LogP contribution in [0.5, 0.6) is 0 Å². The molecule has 0 radical (unpaired) electrons. The molecule has 0 aliphatic heterocycles. The molecule has 0 saturated heterocycles. The summed E-state index contributed by atoms with van der Waals surface area (Å²) in [5.41, 5.74) is 5.66. The number of hydrogen-bond donors (Lipinski definition) is 2. The Labute approximate surface area is 104 Å². The summed E-state index contributed by atoms with van der Waals surface area (Å²) >= 11 is 0. The number of hydrogen-bond acceptors (Lipinski definition) is 4. The minimum Gasteiger partial charge on any atom is -0.395 e. The van der Waals surface area contributed by atoms with Crippen molar-refractivity contribution in [3.05, 3.63) is 23.6 Å². The molecule has 1 amide bonds. The fourth-order valence-corrected chi connectivity index (χ4v) is 2.03. The van der Waals surface area contributed by atoms with Gasteiger partial charge in [0.05, 0.1) is 18.4 Å². The maximum Gasteiger partial charge on any atom is 0.258 e. The van der Waals surface area contributed by atoms with E-state index in [2.05, 4.69) is 4.98 Å². The highest BCUT2D eigenvalue weighted by atomic mass is 19.1. The van der Waals surface area contributed by atoms with Crippen molar-refractivity contribution in [2.75, 3.05) is 18.9 Å². The van der Waals surface area contributed by atoms with Gasteiger partial charge in [0.25, 0.3) is 5.91 Å². The number of carbonyl (C=O) groups is 1. The summed E-state index contributed by atoms with van der Waals surface area (Å²) in [6.07, 6.45) is 3.87. The van der Waals surface area contributed by atoms with Crippen LogP contribution in [-0.2, 0) is 0 Å². The summed E-state index contributed by atoms with van der Waals surface area (Å²) in [7, 11) is 0. The summed E-state index contributed by atoms with van der Waals surface area (Å²) in [5.74, 6) is -0.938. The van der Waals surface area contributed by atoms with E-state index in [1.807, 2.05) is 0 Å². The second-order valence-electron chi connectivity index (χ2n) is 4.39. The lowest BCUT2D eigenvalue weighted by atomic mass is 9.91. The molecule has 2 rings (SSSR count). The van der Waals surface area contributed by atoms with E-state index in [0.29, 0.717) is 0 Å². The van der Waals surface area contributed by atoms with Crippen molar-refractivity contribution < 1.29 is 14.3 Å². The third-order valence-corrected chi connectivity index (χ3v) is 3.23. The fourth-order valence-electron chi connectivity index (χ4n) is 2.03. The van der Waals surface area contributed by atoms with Crippen LogP contribution in [0.1, 0.15) is 29.6 Å². The Morgan fingerprint density at radius 3 is 2.89 bits per heavy atom. The first-order chi connectivity index (χ1) is 8.63. The first-order valence-electron chi connectivity index (χ1n) is 5.96. The van der Waals surface area contributed by atoms with Crippen molar-refractivity contribution in [3.63, 3.8) is 0 Å². The predicted molar refractivity (Wildman–Crippen MR) is 64.4 cm³/mol. The number of nitrogens with two attached hydrogens (primary N) is 1. The Kier molecular flexibility index (Phi) is 3.76. The van der Waals surface area contributed by atoms with Gasteiger partial charge in [-0.1, -0.05) is 0 Å². The summed E-state index contributed by atoms with van der Waals surface area (Å²) in [6, 6.07) is 1.21. The molecule has 1 aliphatic carbocycles. The topological polar surface area (TPSA) is 79.5 Å². The van der Waals surface area contributed by atoms with Gasteiger partial charge < -0.3 is 15.7 Å². The van der Waals surface area contributed by atoms with Gasteiger partial charge in [0, 0.05) is 12.6 Å². The van der Waals surface area contributed by atoms with Crippen molar-refractivity contribution in [2.45, 2.75) is 25.3 Å². The van der Waals surface area contributed by atoms with Gasteiger partial charge in [-0.2, -0.15) is 0 Å². The summed E-state index contributed by atoms with van der Waals surface area (Å²) < 4.78 is 13.1. The molecule has 1 aromatic heterocycles. The highest BCUT2D eigenvalue weighted by Gasteiger charge is 2.30. The van der Waals surface area contributed by atoms with Crippen molar-refractivity contribution >= 4 is 11.7 Å². The van der Waals surface area contributed by atoms with Gasteiger partial charge in [0.2, 0.25) is 0 Å². The number of carbonyl (C=O) groups excluding carboxylic acids is 1. The minimum atomic E-state index is -0.592. The van der Waals surface area contributed by atoms with E-state index in [0.717, 1.165) is 31.5 Å². The van der Waals surface area contributed by atoms with E-state index in [9.17, 15) is 9.18 Å². The summed E-state index contributed by atoms with van der Waals surface area (Å²) in [6.45, 7) is 0.115. The van der Waals surface area contributed by atoms with Crippen LogP contribution in [-0.4, -0.2) is 40.1 Å². The second kappa shape index (κ2) is 5.30. The highest BCUT2D eigenvalue weighted by Crippen LogP contribution is 2.26. The van der Waals surface area contributed by atoms with Gasteiger partial charge >= 0.3 is 0 Å². The summed E-state index contributed by atoms with van der Waals surface area (Å²) in [5, 5.41) is 9.01. The standard InChI is InChI=1S/C12H16FN3O2/c13-8-6-10(11(14)15-7-8)12(18)16(4-5-17)9-2-1-3-9/h6-7,9,17H,1-5H2,(H2,14,15). The Balaban J connectivity index is 2.23. The van der Waals surface area contributed by atoms with Gasteiger partial charge in [-0.3, -0.25) is 4.79 Å². The lowest BCUT2D eigenvalue weighted by Gasteiger charge is -2.37. The normalized spacial score (nSPS) is 15.2. The van der Waals surface area contributed by atoms with Crippen LogP contribution in [0, 0.1) is 5.82 Å². The highest BCUT2D eigenvalue weighted by molar-refractivity contribution is 5.98. The smallest absolute Gasteiger partial charge is 0.258 e. The minimum absolute atomic E-state index is 0.0173. The molecule has 6 heteroatoms. The Hall–Kier alpha value is -1.69. The Bertz CT molecular complexity index is 449. The molecular weight excluding hydrogens is 237 g/mol. The van der Waals surface area contributed by atoms with E-state index in [4.69, 9.17) is 10.8 Å². The third kappa shape index (κ3) is 2.43. The van der Waals surface area contributed by atoms with E-state index in [-0.39, 0.29) is 36.5 Å². The molecule has 98 valence electrons. The molecule has 0 aromatic carbocycles. The number of anilines is 1. The number of rotatable bonds is 4. The van der Waals surface area contributed by atoms with Crippen LogP contribution in [0.2, 0.25) is 0 Å². The molecule has 1 aliphatic rings. The fraction of sp³-hybridized carbons (Fsp3) is 0.500. The van der Waals surface area contributed by atoms with Gasteiger partial charge in [0.1, 0.15) is 11.6 Å². The predicted octanol–water partition coefficient (Wildman–Crippen LogP) is 0.790. The zero-order valence-corrected chi connectivity index (χ0v) is 9.97. The largest absolute Gasteiger partial charge is 0.395 e.